The summed E-state index contributed by atoms with van der Waals surface area (Å²) in [5.74, 6) is -0.353. The van der Waals surface area contributed by atoms with Crippen molar-refractivity contribution in [1.82, 2.24) is 9.97 Å². The van der Waals surface area contributed by atoms with Gasteiger partial charge in [-0.05, 0) is 36.4 Å². The van der Waals surface area contributed by atoms with Gasteiger partial charge in [0.05, 0.1) is 21.6 Å². The quantitative estimate of drug-likeness (QED) is 0.676. The number of rotatable bonds is 2. The third-order valence-electron chi connectivity index (χ3n) is 2.95. The molecule has 0 spiro atoms. The van der Waals surface area contributed by atoms with Gasteiger partial charge in [-0.15, -0.1) is 0 Å². The summed E-state index contributed by atoms with van der Waals surface area (Å²) >= 11 is 11.8. The monoisotopic (exact) mass is 321 g/mol. The fourth-order valence-electron chi connectivity index (χ4n) is 1.98. The van der Waals surface area contributed by atoms with Crippen LogP contribution in [0.3, 0.4) is 0 Å². The molecule has 0 bridgehead atoms. The number of hydrogen-bond acceptors (Lipinski definition) is 2. The largest absolute Gasteiger partial charge is 0.323 e. The zero-order chi connectivity index (χ0) is 15.0. The smallest absolute Gasteiger partial charge is 0.322 e. The number of benzene rings is 2. The molecule has 0 atom stereocenters. The Bertz CT molecular complexity index is 899. The van der Waals surface area contributed by atoms with Crippen molar-refractivity contribution in [3.05, 3.63) is 62.5 Å². The molecule has 7 heteroatoms. The van der Waals surface area contributed by atoms with Gasteiger partial charge in [-0.25, -0.2) is 4.79 Å². The molecule has 0 saturated heterocycles. The SMILES string of the molecule is O=C(Nc1ccc2[nH]c(=O)[nH]c2c1)c1ccc(Cl)cc1Cl. The van der Waals surface area contributed by atoms with E-state index in [1.54, 1.807) is 30.3 Å². The molecule has 1 aromatic heterocycles. The molecule has 1 heterocycles. The van der Waals surface area contributed by atoms with E-state index in [1.807, 2.05) is 0 Å². The lowest BCUT2D eigenvalue weighted by atomic mass is 10.2. The van der Waals surface area contributed by atoms with Crippen LogP contribution in [0.4, 0.5) is 5.69 Å². The molecule has 21 heavy (non-hydrogen) atoms. The molecule has 1 amide bonds. The second-order valence-electron chi connectivity index (χ2n) is 4.42. The van der Waals surface area contributed by atoms with Crippen LogP contribution in [0.2, 0.25) is 10.0 Å². The third kappa shape index (κ3) is 2.79. The summed E-state index contributed by atoms with van der Waals surface area (Å²) in [6.45, 7) is 0. The molecule has 2 aromatic carbocycles. The Hall–Kier alpha value is -2.24. The number of halogens is 2. The van der Waals surface area contributed by atoms with Crippen molar-refractivity contribution in [2.45, 2.75) is 0 Å². The average molecular weight is 322 g/mol. The lowest BCUT2D eigenvalue weighted by Gasteiger charge is -2.07. The lowest BCUT2D eigenvalue weighted by Crippen LogP contribution is -2.12. The van der Waals surface area contributed by atoms with Crippen LogP contribution in [0.15, 0.2) is 41.2 Å². The number of aromatic amines is 2. The molecule has 3 N–H and O–H groups in total. The predicted octanol–water partition coefficient (Wildman–Crippen LogP) is 3.42. The van der Waals surface area contributed by atoms with Crippen LogP contribution in [-0.4, -0.2) is 15.9 Å². The van der Waals surface area contributed by atoms with Gasteiger partial charge < -0.3 is 15.3 Å². The number of amides is 1. The summed E-state index contributed by atoms with van der Waals surface area (Å²) in [6.07, 6.45) is 0. The van der Waals surface area contributed by atoms with Gasteiger partial charge in [-0.2, -0.15) is 0 Å². The number of imidazole rings is 1. The summed E-state index contributed by atoms with van der Waals surface area (Å²) in [7, 11) is 0. The van der Waals surface area contributed by atoms with Crippen molar-refractivity contribution in [3.8, 4) is 0 Å². The van der Waals surface area contributed by atoms with Crippen molar-refractivity contribution in [2.75, 3.05) is 5.32 Å². The molecule has 106 valence electrons. The Labute approximate surface area is 128 Å². The van der Waals surface area contributed by atoms with E-state index in [0.29, 0.717) is 27.3 Å². The summed E-state index contributed by atoms with van der Waals surface area (Å²) in [5, 5.41) is 3.45. The number of hydrogen-bond donors (Lipinski definition) is 3. The minimum atomic E-state index is -0.353. The first-order valence-corrected chi connectivity index (χ1v) is 6.77. The zero-order valence-corrected chi connectivity index (χ0v) is 12.0. The number of carbonyl (C=O) groups is 1. The van der Waals surface area contributed by atoms with E-state index in [2.05, 4.69) is 15.3 Å². The van der Waals surface area contributed by atoms with Crippen LogP contribution in [0.25, 0.3) is 11.0 Å². The van der Waals surface area contributed by atoms with Crippen molar-refractivity contribution in [2.24, 2.45) is 0 Å². The summed E-state index contributed by atoms with van der Waals surface area (Å²) < 4.78 is 0. The molecule has 5 nitrogen and oxygen atoms in total. The molecule has 0 unspecified atom stereocenters. The zero-order valence-electron chi connectivity index (χ0n) is 10.5. The highest BCUT2D eigenvalue weighted by atomic mass is 35.5. The van der Waals surface area contributed by atoms with Crippen LogP contribution < -0.4 is 11.0 Å². The lowest BCUT2D eigenvalue weighted by molar-refractivity contribution is 0.102. The number of fused-ring (bicyclic) bond motifs is 1. The van der Waals surface area contributed by atoms with Crippen LogP contribution in [0.1, 0.15) is 10.4 Å². The van der Waals surface area contributed by atoms with Crippen LogP contribution in [0, 0.1) is 0 Å². The van der Waals surface area contributed by atoms with Gasteiger partial charge >= 0.3 is 5.69 Å². The molecule has 0 aliphatic heterocycles. The average Bonchev–Trinajstić information content (AvgIpc) is 2.77. The summed E-state index contributed by atoms with van der Waals surface area (Å²) in [6, 6.07) is 9.70. The Kier molecular flexibility index (Phi) is 3.45. The van der Waals surface area contributed by atoms with Gasteiger partial charge in [0.25, 0.3) is 5.91 Å². The maximum atomic E-state index is 12.2. The standard InChI is InChI=1S/C14H9Cl2N3O2/c15-7-1-3-9(10(16)5-7)13(20)17-8-2-4-11-12(6-8)19-14(21)18-11/h1-6H,(H,17,20)(H2,18,19,21). The van der Waals surface area contributed by atoms with Gasteiger partial charge in [0, 0.05) is 10.7 Å². The number of anilines is 1. The highest BCUT2D eigenvalue weighted by molar-refractivity contribution is 6.37. The molecule has 0 radical (unpaired) electrons. The number of aromatic nitrogens is 2. The van der Waals surface area contributed by atoms with Crippen molar-refractivity contribution in [3.63, 3.8) is 0 Å². The van der Waals surface area contributed by atoms with E-state index in [-0.39, 0.29) is 16.6 Å². The first-order chi connectivity index (χ1) is 10.0. The number of carbonyl (C=O) groups excluding carboxylic acids is 1. The summed E-state index contributed by atoms with van der Waals surface area (Å²) in [5.41, 5.74) is 1.86. The highest BCUT2D eigenvalue weighted by Crippen LogP contribution is 2.22. The van der Waals surface area contributed by atoms with E-state index < -0.39 is 0 Å². The predicted molar refractivity (Wildman–Crippen MR) is 83.3 cm³/mol. The van der Waals surface area contributed by atoms with Crippen molar-refractivity contribution < 1.29 is 4.79 Å². The Morgan fingerprint density at radius 2 is 1.76 bits per heavy atom. The van der Waals surface area contributed by atoms with Crippen molar-refractivity contribution >= 4 is 45.8 Å². The number of nitrogens with one attached hydrogen (secondary N) is 3. The summed E-state index contributed by atoms with van der Waals surface area (Å²) in [4.78, 5) is 28.6. The molecule has 3 aromatic rings. The van der Waals surface area contributed by atoms with Gasteiger partial charge in [0.15, 0.2) is 0 Å². The minimum absolute atomic E-state index is 0.274. The third-order valence-corrected chi connectivity index (χ3v) is 3.50. The van der Waals surface area contributed by atoms with Crippen LogP contribution >= 0.6 is 23.2 Å². The molecular weight excluding hydrogens is 313 g/mol. The first kappa shape index (κ1) is 13.7. The molecule has 3 rings (SSSR count). The Morgan fingerprint density at radius 3 is 2.52 bits per heavy atom. The van der Waals surface area contributed by atoms with Gasteiger partial charge in [0.1, 0.15) is 0 Å². The number of H-pyrrole nitrogens is 2. The van der Waals surface area contributed by atoms with E-state index in [4.69, 9.17) is 23.2 Å². The molecule has 0 aliphatic rings. The molecular formula is C14H9Cl2N3O2. The fraction of sp³-hybridized carbons (Fsp3) is 0. The second kappa shape index (κ2) is 5.27. The van der Waals surface area contributed by atoms with E-state index in [1.165, 1.54) is 6.07 Å². The molecule has 0 saturated carbocycles. The Morgan fingerprint density at radius 1 is 1.00 bits per heavy atom. The molecule has 0 aliphatic carbocycles. The maximum absolute atomic E-state index is 12.2. The van der Waals surface area contributed by atoms with Gasteiger partial charge in [0.2, 0.25) is 0 Å². The van der Waals surface area contributed by atoms with Gasteiger partial charge in [-0.3, -0.25) is 4.79 Å². The minimum Gasteiger partial charge on any atom is -0.322 e. The maximum Gasteiger partial charge on any atom is 0.323 e. The van der Waals surface area contributed by atoms with Crippen LogP contribution in [0.5, 0.6) is 0 Å². The Balaban J connectivity index is 1.90. The van der Waals surface area contributed by atoms with E-state index in [0.717, 1.165) is 0 Å². The highest BCUT2D eigenvalue weighted by Gasteiger charge is 2.11. The topological polar surface area (TPSA) is 77.8 Å². The molecule has 0 fully saturated rings. The first-order valence-electron chi connectivity index (χ1n) is 6.01. The second-order valence-corrected chi connectivity index (χ2v) is 5.26. The van der Waals surface area contributed by atoms with Crippen LogP contribution in [-0.2, 0) is 0 Å². The normalized spacial score (nSPS) is 10.8. The fourth-order valence-corrected chi connectivity index (χ4v) is 2.48. The van der Waals surface area contributed by atoms with Crippen molar-refractivity contribution in [1.29, 1.82) is 0 Å². The van der Waals surface area contributed by atoms with E-state index in [9.17, 15) is 9.59 Å². The van der Waals surface area contributed by atoms with Gasteiger partial charge in [-0.1, -0.05) is 23.2 Å². The van der Waals surface area contributed by atoms with E-state index >= 15 is 0 Å².